The summed E-state index contributed by atoms with van der Waals surface area (Å²) in [5.74, 6) is -1.46. The van der Waals surface area contributed by atoms with Crippen LogP contribution < -0.4 is 10.6 Å². The maximum absolute atomic E-state index is 12.6. The molecule has 35 heavy (non-hydrogen) atoms. The number of carbonyl (C=O) groups is 3. The second-order valence-electron chi connectivity index (χ2n) is 9.05. The third kappa shape index (κ3) is 5.54. The molecule has 0 aliphatic heterocycles. The molecule has 0 saturated carbocycles. The van der Waals surface area contributed by atoms with E-state index in [-0.39, 0.29) is 18.9 Å². The number of rotatable bonds is 7. The van der Waals surface area contributed by atoms with Crippen molar-refractivity contribution in [2.24, 2.45) is 0 Å². The number of fused-ring (bicyclic) bond motifs is 3. The first-order chi connectivity index (χ1) is 16.6. The van der Waals surface area contributed by atoms with Gasteiger partial charge >= 0.3 is 12.1 Å². The van der Waals surface area contributed by atoms with E-state index in [1.807, 2.05) is 24.3 Å². The summed E-state index contributed by atoms with van der Waals surface area (Å²) in [6, 6.07) is 20.9. The third-order valence-corrected chi connectivity index (χ3v) is 6.51. The average Bonchev–Trinajstić information content (AvgIpc) is 3.11. The molecular formula is C27H25BrN2O5. The Morgan fingerprint density at radius 1 is 0.971 bits per heavy atom. The van der Waals surface area contributed by atoms with Gasteiger partial charge in [0.2, 0.25) is 0 Å². The number of aliphatic carboxylic acids is 1. The smallest absolute Gasteiger partial charge is 0.411 e. The van der Waals surface area contributed by atoms with Crippen molar-refractivity contribution in [2.75, 3.05) is 11.9 Å². The highest BCUT2D eigenvalue weighted by Crippen LogP contribution is 2.44. The molecule has 0 fully saturated rings. The van der Waals surface area contributed by atoms with Gasteiger partial charge in [-0.2, -0.15) is 0 Å². The number of ether oxygens (including phenoxy) is 1. The van der Waals surface area contributed by atoms with E-state index in [0.29, 0.717) is 15.7 Å². The van der Waals surface area contributed by atoms with Gasteiger partial charge in [-0.15, -0.1) is 0 Å². The van der Waals surface area contributed by atoms with Crippen LogP contribution in [0, 0.1) is 0 Å². The molecule has 1 aliphatic rings. The Morgan fingerprint density at radius 3 is 2.14 bits per heavy atom. The van der Waals surface area contributed by atoms with Crippen LogP contribution in [0.1, 0.15) is 47.7 Å². The van der Waals surface area contributed by atoms with E-state index >= 15 is 0 Å². The van der Waals surface area contributed by atoms with Gasteiger partial charge < -0.3 is 15.2 Å². The Labute approximate surface area is 211 Å². The quantitative estimate of drug-likeness (QED) is 0.354. The van der Waals surface area contributed by atoms with E-state index in [0.717, 1.165) is 22.3 Å². The molecule has 0 heterocycles. The molecule has 4 rings (SSSR count). The minimum Gasteiger partial charge on any atom is -0.481 e. The number of amides is 2. The first-order valence-corrected chi connectivity index (χ1v) is 11.9. The summed E-state index contributed by atoms with van der Waals surface area (Å²) in [6.45, 7) is 3.47. The van der Waals surface area contributed by atoms with Crippen LogP contribution in [0.15, 0.2) is 71.2 Å². The maximum atomic E-state index is 12.6. The normalized spacial score (nSPS) is 12.4. The van der Waals surface area contributed by atoms with E-state index in [1.54, 1.807) is 32.0 Å². The number of halogens is 1. The summed E-state index contributed by atoms with van der Waals surface area (Å²) in [4.78, 5) is 36.1. The minimum absolute atomic E-state index is 0.0446. The lowest BCUT2D eigenvalue weighted by Gasteiger charge is -2.24. The van der Waals surface area contributed by atoms with Gasteiger partial charge in [-0.25, -0.2) is 4.79 Å². The summed E-state index contributed by atoms with van der Waals surface area (Å²) >= 11 is 3.38. The largest absolute Gasteiger partial charge is 0.481 e. The van der Waals surface area contributed by atoms with Gasteiger partial charge in [-0.1, -0.05) is 48.5 Å². The van der Waals surface area contributed by atoms with Crippen LogP contribution >= 0.6 is 15.9 Å². The molecule has 3 aromatic rings. The van der Waals surface area contributed by atoms with Crippen molar-refractivity contribution < 1.29 is 24.2 Å². The number of anilines is 1. The van der Waals surface area contributed by atoms with Crippen LogP contribution in [0.4, 0.5) is 10.5 Å². The van der Waals surface area contributed by atoms with Crippen molar-refractivity contribution in [1.82, 2.24) is 5.32 Å². The highest BCUT2D eigenvalue weighted by atomic mass is 79.9. The topological polar surface area (TPSA) is 105 Å². The molecule has 8 heteroatoms. The zero-order chi connectivity index (χ0) is 25.2. The number of carbonyl (C=O) groups excluding carboxylic acids is 2. The van der Waals surface area contributed by atoms with Gasteiger partial charge in [0.1, 0.15) is 6.61 Å². The molecule has 3 aromatic carbocycles. The first-order valence-electron chi connectivity index (χ1n) is 11.1. The summed E-state index contributed by atoms with van der Waals surface area (Å²) in [7, 11) is 0. The Bertz CT molecular complexity index is 1260. The molecular weight excluding hydrogens is 512 g/mol. The predicted molar refractivity (Wildman–Crippen MR) is 137 cm³/mol. The van der Waals surface area contributed by atoms with Crippen LogP contribution in [0.5, 0.6) is 0 Å². The van der Waals surface area contributed by atoms with E-state index in [4.69, 9.17) is 9.84 Å². The molecule has 0 atom stereocenters. The SMILES string of the molecule is CC(C)(CC(=O)O)NC(=O)c1ccc(NC(=O)OCC2c3ccccc3-c3ccccc32)c(Br)c1. The maximum Gasteiger partial charge on any atom is 0.411 e. The summed E-state index contributed by atoms with van der Waals surface area (Å²) in [6.07, 6.45) is -0.811. The van der Waals surface area contributed by atoms with Gasteiger partial charge in [-0.3, -0.25) is 14.9 Å². The molecule has 0 spiro atoms. The summed E-state index contributed by atoms with van der Waals surface area (Å²) < 4.78 is 6.07. The number of hydrogen-bond donors (Lipinski definition) is 3. The Balaban J connectivity index is 1.39. The van der Waals surface area contributed by atoms with Crippen molar-refractivity contribution in [3.63, 3.8) is 0 Å². The summed E-state index contributed by atoms with van der Waals surface area (Å²) in [5.41, 5.74) is 4.43. The average molecular weight is 537 g/mol. The molecule has 7 nitrogen and oxygen atoms in total. The molecule has 2 amide bonds. The summed E-state index contributed by atoms with van der Waals surface area (Å²) in [5, 5.41) is 14.4. The second kappa shape index (κ2) is 9.92. The second-order valence-corrected chi connectivity index (χ2v) is 9.91. The van der Waals surface area contributed by atoms with Crippen molar-refractivity contribution in [3.05, 3.63) is 87.9 Å². The number of nitrogens with one attached hydrogen (secondary N) is 2. The first kappa shape index (κ1) is 24.5. The van der Waals surface area contributed by atoms with Crippen LogP contribution in [-0.2, 0) is 9.53 Å². The van der Waals surface area contributed by atoms with E-state index < -0.39 is 23.5 Å². The molecule has 1 aliphatic carbocycles. The fourth-order valence-electron chi connectivity index (χ4n) is 4.30. The van der Waals surface area contributed by atoms with E-state index in [9.17, 15) is 14.4 Å². The Hall–Kier alpha value is -3.65. The third-order valence-electron chi connectivity index (χ3n) is 5.86. The molecule has 0 unspecified atom stereocenters. The monoisotopic (exact) mass is 536 g/mol. The van der Waals surface area contributed by atoms with Gasteiger partial charge in [0.15, 0.2) is 0 Å². The lowest BCUT2D eigenvalue weighted by molar-refractivity contribution is -0.138. The molecule has 0 bridgehead atoms. The van der Waals surface area contributed by atoms with Crippen LogP contribution in [0.2, 0.25) is 0 Å². The fraction of sp³-hybridized carbons (Fsp3) is 0.222. The minimum atomic E-state index is -1.00. The Kier molecular flexibility index (Phi) is 6.93. The lowest BCUT2D eigenvalue weighted by Crippen LogP contribution is -2.44. The van der Waals surface area contributed by atoms with Crippen molar-refractivity contribution in [3.8, 4) is 11.1 Å². The number of benzene rings is 3. The predicted octanol–water partition coefficient (Wildman–Crippen LogP) is 5.79. The van der Waals surface area contributed by atoms with Crippen LogP contribution in [0.25, 0.3) is 11.1 Å². The van der Waals surface area contributed by atoms with E-state index in [2.05, 4.69) is 50.8 Å². The number of hydrogen-bond acceptors (Lipinski definition) is 4. The zero-order valence-electron chi connectivity index (χ0n) is 19.3. The molecule has 0 radical (unpaired) electrons. The zero-order valence-corrected chi connectivity index (χ0v) is 20.9. The van der Waals surface area contributed by atoms with Gasteiger partial charge in [-0.05, 0) is 70.2 Å². The van der Waals surface area contributed by atoms with Gasteiger partial charge in [0, 0.05) is 21.5 Å². The van der Waals surface area contributed by atoms with Crippen LogP contribution in [-0.4, -0.2) is 35.2 Å². The van der Waals surface area contributed by atoms with Crippen molar-refractivity contribution in [2.45, 2.75) is 31.7 Å². The standard InChI is InChI=1S/C27H25BrN2O5/c1-27(2,14-24(31)32)30-25(33)16-11-12-23(22(28)13-16)29-26(34)35-15-21-19-9-5-3-7-17(19)18-8-4-6-10-20(18)21/h3-13,21H,14-15H2,1-2H3,(H,29,34)(H,30,33)(H,31,32). The lowest BCUT2D eigenvalue weighted by atomic mass is 9.98. The number of carboxylic acid groups (broad SMARTS) is 1. The van der Waals surface area contributed by atoms with Crippen LogP contribution in [0.3, 0.4) is 0 Å². The van der Waals surface area contributed by atoms with Gasteiger partial charge in [0.05, 0.1) is 12.1 Å². The molecule has 3 N–H and O–H groups in total. The molecule has 0 saturated heterocycles. The Morgan fingerprint density at radius 2 is 1.57 bits per heavy atom. The highest BCUT2D eigenvalue weighted by Gasteiger charge is 2.29. The van der Waals surface area contributed by atoms with Crippen molar-refractivity contribution in [1.29, 1.82) is 0 Å². The molecule has 180 valence electrons. The van der Waals surface area contributed by atoms with Crippen molar-refractivity contribution >= 4 is 39.6 Å². The molecule has 0 aromatic heterocycles. The fourth-order valence-corrected chi connectivity index (χ4v) is 4.78. The number of carboxylic acids is 1. The van der Waals surface area contributed by atoms with E-state index in [1.165, 1.54) is 0 Å². The highest BCUT2D eigenvalue weighted by molar-refractivity contribution is 9.10. The van der Waals surface area contributed by atoms with Gasteiger partial charge in [0.25, 0.3) is 5.91 Å².